The van der Waals surface area contributed by atoms with Crippen molar-refractivity contribution in [1.29, 1.82) is 0 Å². The van der Waals surface area contributed by atoms with Crippen molar-refractivity contribution in [3.8, 4) is 0 Å². The first-order chi connectivity index (χ1) is 4.80. The van der Waals surface area contributed by atoms with Gasteiger partial charge in [0.2, 0.25) is 5.91 Å². The average molecular weight is 143 g/mol. The van der Waals surface area contributed by atoms with Gasteiger partial charge in [0.25, 0.3) is 0 Å². The van der Waals surface area contributed by atoms with E-state index >= 15 is 0 Å². The molecule has 58 valence electrons. The first-order valence-corrected chi connectivity index (χ1v) is 3.54. The van der Waals surface area contributed by atoms with Crippen LogP contribution in [0.15, 0.2) is 0 Å². The number of hydrogen-bond acceptors (Lipinski definition) is 3. The Balaban J connectivity index is 2.35. The maximum absolute atomic E-state index is 10.6. The molecule has 1 rings (SSSR count). The molecule has 1 aliphatic heterocycles. The summed E-state index contributed by atoms with van der Waals surface area (Å²) in [7, 11) is 0. The molecule has 1 aliphatic rings. The lowest BCUT2D eigenvalue weighted by Gasteiger charge is -2.09. The third kappa shape index (κ3) is 1.97. The van der Waals surface area contributed by atoms with E-state index < -0.39 is 0 Å². The average Bonchev–Trinajstić information content (AvgIpc) is 2.12. The molecule has 1 saturated heterocycles. The van der Waals surface area contributed by atoms with Crippen molar-refractivity contribution in [1.82, 2.24) is 10.6 Å². The molecular weight excluding hydrogens is 130 g/mol. The van der Waals surface area contributed by atoms with Gasteiger partial charge in [0.15, 0.2) is 0 Å². The summed E-state index contributed by atoms with van der Waals surface area (Å²) in [5.41, 5.74) is 5.11. The summed E-state index contributed by atoms with van der Waals surface area (Å²) in [6.45, 7) is 1.66. The van der Waals surface area contributed by atoms with Crippen LogP contribution in [0.25, 0.3) is 0 Å². The van der Waals surface area contributed by atoms with Crippen molar-refractivity contribution in [2.24, 2.45) is 5.73 Å². The maximum Gasteiger partial charge on any atom is 0.234 e. The number of nitrogens with one attached hydrogen (secondary N) is 2. The summed E-state index contributed by atoms with van der Waals surface area (Å²) < 4.78 is 0. The fourth-order valence-corrected chi connectivity index (χ4v) is 1.06. The van der Waals surface area contributed by atoms with Gasteiger partial charge in [-0.1, -0.05) is 0 Å². The van der Waals surface area contributed by atoms with Gasteiger partial charge in [0, 0.05) is 6.67 Å². The van der Waals surface area contributed by atoms with Crippen LogP contribution in [0, 0.1) is 0 Å². The van der Waals surface area contributed by atoms with Gasteiger partial charge >= 0.3 is 0 Å². The van der Waals surface area contributed by atoms with E-state index in [0.29, 0.717) is 6.67 Å². The molecule has 0 spiro atoms. The van der Waals surface area contributed by atoms with E-state index in [1.807, 2.05) is 0 Å². The van der Waals surface area contributed by atoms with E-state index in [-0.39, 0.29) is 11.9 Å². The van der Waals surface area contributed by atoms with E-state index in [2.05, 4.69) is 10.6 Å². The second-order valence-electron chi connectivity index (χ2n) is 2.48. The largest absolute Gasteiger partial charge is 0.368 e. The lowest BCUT2D eigenvalue weighted by atomic mass is 10.1. The fraction of sp³-hybridized carbons (Fsp3) is 0.833. The molecule has 4 N–H and O–H groups in total. The van der Waals surface area contributed by atoms with Crippen LogP contribution < -0.4 is 16.4 Å². The highest BCUT2D eigenvalue weighted by molar-refractivity contribution is 5.79. The van der Waals surface area contributed by atoms with Crippen molar-refractivity contribution in [3.05, 3.63) is 0 Å². The third-order valence-corrected chi connectivity index (χ3v) is 1.66. The summed E-state index contributed by atoms with van der Waals surface area (Å²) in [5.74, 6) is -0.247. The highest BCUT2D eigenvalue weighted by atomic mass is 16.1. The first-order valence-electron chi connectivity index (χ1n) is 3.54. The molecule has 0 aromatic carbocycles. The molecule has 0 aromatic heterocycles. The van der Waals surface area contributed by atoms with Crippen molar-refractivity contribution >= 4 is 5.91 Å². The molecule has 0 bridgehead atoms. The topological polar surface area (TPSA) is 67.2 Å². The highest BCUT2D eigenvalue weighted by Crippen LogP contribution is 1.97. The molecule has 1 amide bonds. The van der Waals surface area contributed by atoms with Crippen LogP contribution in [-0.2, 0) is 4.79 Å². The molecule has 1 unspecified atom stereocenters. The molecule has 0 saturated carbocycles. The van der Waals surface area contributed by atoms with Crippen LogP contribution in [0.5, 0.6) is 0 Å². The Morgan fingerprint density at radius 3 is 3.10 bits per heavy atom. The lowest BCUT2D eigenvalue weighted by Crippen LogP contribution is -2.42. The maximum atomic E-state index is 10.6. The quantitative estimate of drug-likeness (QED) is 0.430. The van der Waals surface area contributed by atoms with Gasteiger partial charge in [0.05, 0.1) is 6.04 Å². The van der Waals surface area contributed by atoms with Gasteiger partial charge < -0.3 is 11.1 Å². The first kappa shape index (κ1) is 7.50. The third-order valence-electron chi connectivity index (χ3n) is 1.66. The molecule has 0 radical (unpaired) electrons. The molecule has 10 heavy (non-hydrogen) atoms. The summed E-state index contributed by atoms with van der Waals surface area (Å²) in [6, 6.07) is -0.130. The van der Waals surface area contributed by atoms with Crippen molar-refractivity contribution in [2.45, 2.75) is 18.9 Å². The molecular formula is C6H13N3O. The van der Waals surface area contributed by atoms with Crippen LogP contribution in [0.2, 0.25) is 0 Å². The summed E-state index contributed by atoms with van der Waals surface area (Å²) in [4.78, 5) is 10.6. The van der Waals surface area contributed by atoms with Gasteiger partial charge in [-0.05, 0) is 19.4 Å². The minimum absolute atomic E-state index is 0.130. The van der Waals surface area contributed by atoms with Crippen LogP contribution in [-0.4, -0.2) is 25.2 Å². The Hall–Kier alpha value is -0.610. The zero-order chi connectivity index (χ0) is 7.40. The zero-order valence-corrected chi connectivity index (χ0v) is 5.89. The van der Waals surface area contributed by atoms with Gasteiger partial charge in [-0.3, -0.25) is 10.1 Å². The summed E-state index contributed by atoms with van der Waals surface area (Å²) >= 11 is 0. The Morgan fingerprint density at radius 1 is 1.60 bits per heavy atom. The van der Waals surface area contributed by atoms with E-state index in [0.717, 1.165) is 19.4 Å². The number of primary amides is 1. The Morgan fingerprint density at radius 2 is 2.40 bits per heavy atom. The van der Waals surface area contributed by atoms with Gasteiger partial charge in [-0.15, -0.1) is 0 Å². The van der Waals surface area contributed by atoms with E-state index in [9.17, 15) is 4.79 Å². The van der Waals surface area contributed by atoms with Crippen LogP contribution in [0.4, 0.5) is 0 Å². The molecule has 0 aromatic rings. The number of carbonyl (C=O) groups is 1. The molecule has 4 nitrogen and oxygen atoms in total. The van der Waals surface area contributed by atoms with E-state index in [4.69, 9.17) is 5.73 Å². The molecule has 1 heterocycles. The number of amides is 1. The number of nitrogens with two attached hydrogens (primary N) is 1. The smallest absolute Gasteiger partial charge is 0.234 e. The Labute approximate surface area is 60.2 Å². The number of carbonyl (C=O) groups excluding carboxylic acids is 1. The molecule has 1 atom stereocenters. The minimum Gasteiger partial charge on any atom is -0.368 e. The Kier molecular flexibility index (Phi) is 2.65. The second-order valence-corrected chi connectivity index (χ2v) is 2.48. The number of rotatable bonds is 1. The molecule has 1 fully saturated rings. The zero-order valence-electron chi connectivity index (χ0n) is 5.89. The van der Waals surface area contributed by atoms with Gasteiger partial charge in [-0.2, -0.15) is 0 Å². The minimum atomic E-state index is -0.247. The van der Waals surface area contributed by atoms with Crippen molar-refractivity contribution in [2.75, 3.05) is 13.2 Å². The van der Waals surface area contributed by atoms with Gasteiger partial charge in [0.1, 0.15) is 0 Å². The molecule has 0 aliphatic carbocycles. The van der Waals surface area contributed by atoms with Crippen LogP contribution in [0.1, 0.15) is 12.8 Å². The van der Waals surface area contributed by atoms with Crippen LogP contribution in [0.3, 0.4) is 0 Å². The predicted octanol–water partition coefficient (Wildman–Crippen LogP) is -1.23. The molecule has 4 heteroatoms. The predicted molar refractivity (Wildman–Crippen MR) is 38.2 cm³/mol. The number of hydrogen-bond donors (Lipinski definition) is 3. The fourth-order valence-electron chi connectivity index (χ4n) is 1.06. The van der Waals surface area contributed by atoms with E-state index in [1.165, 1.54) is 0 Å². The Bertz CT molecular complexity index is 118. The summed E-state index contributed by atoms with van der Waals surface area (Å²) in [5, 5.41) is 6.11. The normalized spacial score (nSPS) is 27.4. The second kappa shape index (κ2) is 3.53. The van der Waals surface area contributed by atoms with Crippen molar-refractivity contribution in [3.63, 3.8) is 0 Å². The van der Waals surface area contributed by atoms with Crippen LogP contribution >= 0.6 is 0 Å². The monoisotopic (exact) mass is 143 g/mol. The van der Waals surface area contributed by atoms with E-state index in [1.54, 1.807) is 0 Å². The van der Waals surface area contributed by atoms with Gasteiger partial charge in [-0.25, -0.2) is 0 Å². The summed E-state index contributed by atoms with van der Waals surface area (Å²) in [6.07, 6.45) is 1.86. The standard InChI is InChI=1S/C6H13N3O/c7-6(10)5-2-1-3-8-4-9-5/h5,8-9H,1-4H2,(H2,7,10). The SMILES string of the molecule is NC(=O)C1CCCNCN1. The highest BCUT2D eigenvalue weighted by Gasteiger charge is 2.15. The lowest BCUT2D eigenvalue weighted by molar-refractivity contribution is -0.120. The van der Waals surface area contributed by atoms with Crippen molar-refractivity contribution < 1.29 is 4.79 Å².